The number of ether oxygens (including phenoxy) is 1. The molecule has 0 unspecified atom stereocenters. The first kappa shape index (κ1) is 14.2. The van der Waals surface area contributed by atoms with Gasteiger partial charge in [-0.05, 0) is 29.0 Å². The van der Waals surface area contributed by atoms with Gasteiger partial charge >= 0.3 is 0 Å². The highest BCUT2D eigenvalue weighted by Crippen LogP contribution is 2.22. The first-order valence-corrected chi connectivity index (χ1v) is 7.06. The van der Waals surface area contributed by atoms with Crippen molar-refractivity contribution in [2.24, 2.45) is 0 Å². The lowest BCUT2D eigenvalue weighted by Crippen LogP contribution is -2.08. The molecule has 7 heteroatoms. The number of nitrogen functional groups attached to an aromatic ring is 1. The number of nitrogens with zero attached hydrogens (tertiary/aromatic N) is 4. The fourth-order valence-corrected chi connectivity index (χ4v) is 2.18. The van der Waals surface area contributed by atoms with Crippen LogP contribution in [0.5, 0.6) is 0 Å². The van der Waals surface area contributed by atoms with Gasteiger partial charge in [-0.1, -0.05) is 6.92 Å². The summed E-state index contributed by atoms with van der Waals surface area (Å²) in [6.45, 7) is 3.41. The fourth-order valence-electron chi connectivity index (χ4n) is 1.79. The Bertz CT molecular complexity index is 569. The summed E-state index contributed by atoms with van der Waals surface area (Å²) < 4.78 is 8.00. The minimum atomic E-state index is 0.417. The third kappa shape index (κ3) is 3.03. The standard InChI is InChI=1S/C12H16IN5O/c1-3-4-18-7-15-5-9(18)12-16-8(6-19-2)10(13)11(14)17-12/h5,7H,3-4,6H2,1-2H3,(H2,14,16,17). The van der Waals surface area contributed by atoms with Crippen molar-refractivity contribution in [3.63, 3.8) is 0 Å². The summed E-state index contributed by atoms with van der Waals surface area (Å²) >= 11 is 2.14. The van der Waals surface area contributed by atoms with Crippen molar-refractivity contribution in [1.29, 1.82) is 0 Å². The lowest BCUT2D eigenvalue weighted by atomic mass is 10.3. The van der Waals surface area contributed by atoms with Crippen LogP contribution < -0.4 is 5.73 Å². The Morgan fingerprint density at radius 2 is 2.21 bits per heavy atom. The number of rotatable bonds is 5. The quantitative estimate of drug-likeness (QED) is 0.812. The number of methoxy groups -OCH3 is 1. The van der Waals surface area contributed by atoms with Crippen LogP contribution in [-0.4, -0.2) is 26.6 Å². The molecule has 2 aromatic heterocycles. The Kier molecular flexibility index (Phi) is 4.70. The minimum absolute atomic E-state index is 0.417. The smallest absolute Gasteiger partial charge is 0.180 e. The first-order chi connectivity index (χ1) is 9.17. The van der Waals surface area contributed by atoms with Crippen LogP contribution >= 0.6 is 22.6 Å². The van der Waals surface area contributed by atoms with Crippen LogP contribution in [0, 0.1) is 3.57 Å². The molecule has 0 radical (unpaired) electrons. The number of imidazole rings is 1. The van der Waals surface area contributed by atoms with Crippen molar-refractivity contribution in [3.05, 3.63) is 21.8 Å². The molecule has 2 aromatic rings. The van der Waals surface area contributed by atoms with E-state index in [1.165, 1.54) is 0 Å². The van der Waals surface area contributed by atoms with Crippen LogP contribution in [0.3, 0.4) is 0 Å². The van der Waals surface area contributed by atoms with E-state index < -0.39 is 0 Å². The molecular weight excluding hydrogens is 357 g/mol. The zero-order chi connectivity index (χ0) is 13.8. The van der Waals surface area contributed by atoms with Gasteiger partial charge in [-0.25, -0.2) is 15.0 Å². The first-order valence-electron chi connectivity index (χ1n) is 5.98. The van der Waals surface area contributed by atoms with Gasteiger partial charge < -0.3 is 15.0 Å². The van der Waals surface area contributed by atoms with Gasteiger partial charge in [0.25, 0.3) is 0 Å². The molecule has 0 bridgehead atoms. The topological polar surface area (TPSA) is 78.9 Å². The molecule has 0 aromatic carbocycles. The average molecular weight is 373 g/mol. The summed E-state index contributed by atoms with van der Waals surface area (Å²) in [6, 6.07) is 0. The largest absolute Gasteiger partial charge is 0.383 e. The van der Waals surface area contributed by atoms with E-state index in [1.807, 2.05) is 4.57 Å². The molecular formula is C12H16IN5O. The second kappa shape index (κ2) is 6.29. The van der Waals surface area contributed by atoms with E-state index >= 15 is 0 Å². The van der Waals surface area contributed by atoms with Gasteiger partial charge in [0, 0.05) is 13.7 Å². The van der Waals surface area contributed by atoms with Crippen LogP contribution in [0.2, 0.25) is 0 Å². The van der Waals surface area contributed by atoms with Crippen LogP contribution in [0.15, 0.2) is 12.5 Å². The van der Waals surface area contributed by atoms with Gasteiger partial charge in [0.05, 0.1) is 28.4 Å². The summed E-state index contributed by atoms with van der Waals surface area (Å²) in [5, 5.41) is 0. The Labute approximate surface area is 125 Å². The van der Waals surface area contributed by atoms with Gasteiger partial charge in [-0.2, -0.15) is 0 Å². The van der Waals surface area contributed by atoms with Gasteiger partial charge in [0.2, 0.25) is 0 Å². The number of halogens is 1. The van der Waals surface area contributed by atoms with Crippen LogP contribution in [-0.2, 0) is 17.9 Å². The van der Waals surface area contributed by atoms with Crippen LogP contribution in [0.4, 0.5) is 5.82 Å². The molecule has 2 heterocycles. The predicted octanol–water partition coefficient (Wildman–Crippen LogP) is 2.08. The Morgan fingerprint density at radius 1 is 1.42 bits per heavy atom. The van der Waals surface area contributed by atoms with Crippen molar-refractivity contribution in [3.8, 4) is 11.5 Å². The van der Waals surface area contributed by atoms with E-state index in [4.69, 9.17) is 10.5 Å². The third-order valence-electron chi connectivity index (χ3n) is 2.63. The molecule has 0 amide bonds. The van der Waals surface area contributed by atoms with E-state index in [-0.39, 0.29) is 0 Å². The molecule has 0 atom stereocenters. The van der Waals surface area contributed by atoms with Gasteiger partial charge in [0.1, 0.15) is 11.5 Å². The Morgan fingerprint density at radius 3 is 2.89 bits per heavy atom. The number of hydrogen-bond acceptors (Lipinski definition) is 5. The zero-order valence-corrected chi connectivity index (χ0v) is 13.1. The van der Waals surface area contributed by atoms with E-state index in [0.29, 0.717) is 18.2 Å². The molecule has 19 heavy (non-hydrogen) atoms. The minimum Gasteiger partial charge on any atom is -0.383 e. The number of aryl methyl sites for hydroxylation is 1. The van der Waals surface area contributed by atoms with E-state index in [2.05, 4.69) is 44.5 Å². The van der Waals surface area contributed by atoms with Crippen molar-refractivity contribution >= 4 is 28.4 Å². The molecule has 102 valence electrons. The molecule has 0 spiro atoms. The highest BCUT2D eigenvalue weighted by atomic mass is 127. The molecule has 0 aliphatic rings. The summed E-state index contributed by atoms with van der Waals surface area (Å²) in [7, 11) is 1.63. The molecule has 0 aliphatic carbocycles. The number of hydrogen-bond donors (Lipinski definition) is 1. The maximum Gasteiger partial charge on any atom is 0.180 e. The van der Waals surface area contributed by atoms with E-state index in [0.717, 1.165) is 27.9 Å². The maximum absolute atomic E-state index is 5.94. The molecule has 2 rings (SSSR count). The zero-order valence-electron chi connectivity index (χ0n) is 10.9. The maximum atomic E-state index is 5.94. The SMILES string of the molecule is CCCn1cncc1-c1nc(N)c(I)c(COC)n1. The highest BCUT2D eigenvalue weighted by molar-refractivity contribution is 14.1. The van der Waals surface area contributed by atoms with Crippen molar-refractivity contribution in [2.75, 3.05) is 12.8 Å². The summed E-state index contributed by atoms with van der Waals surface area (Å²) in [5.41, 5.74) is 7.62. The second-order valence-electron chi connectivity index (χ2n) is 4.10. The van der Waals surface area contributed by atoms with Crippen molar-refractivity contribution in [1.82, 2.24) is 19.5 Å². The monoisotopic (exact) mass is 373 g/mol. The van der Waals surface area contributed by atoms with Crippen LogP contribution in [0.1, 0.15) is 19.0 Å². The lowest BCUT2D eigenvalue weighted by Gasteiger charge is -2.10. The summed E-state index contributed by atoms with van der Waals surface area (Å²) in [5.74, 6) is 1.07. The third-order valence-corrected chi connectivity index (χ3v) is 3.81. The van der Waals surface area contributed by atoms with Gasteiger partial charge in [-0.15, -0.1) is 0 Å². The fraction of sp³-hybridized carbons (Fsp3) is 0.417. The normalized spacial score (nSPS) is 10.9. The van der Waals surface area contributed by atoms with E-state index in [9.17, 15) is 0 Å². The second-order valence-corrected chi connectivity index (χ2v) is 5.18. The number of nitrogens with two attached hydrogens (primary N) is 1. The van der Waals surface area contributed by atoms with Crippen molar-refractivity contribution in [2.45, 2.75) is 26.5 Å². The van der Waals surface area contributed by atoms with E-state index in [1.54, 1.807) is 19.6 Å². The molecule has 0 fully saturated rings. The van der Waals surface area contributed by atoms with Crippen molar-refractivity contribution < 1.29 is 4.74 Å². The molecule has 6 nitrogen and oxygen atoms in total. The molecule has 0 saturated heterocycles. The molecule has 0 aliphatic heterocycles. The average Bonchev–Trinajstić information content (AvgIpc) is 2.84. The van der Waals surface area contributed by atoms with Crippen LogP contribution in [0.25, 0.3) is 11.5 Å². The number of aromatic nitrogens is 4. The Hall–Kier alpha value is -1.22. The lowest BCUT2D eigenvalue weighted by molar-refractivity contribution is 0.181. The predicted molar refractivity (Wildman–Crippen MR) is 81.4 cm³/mol. The Balaban J connectivity index is 2.47. The molecule has 0 saturated carbocycles. The highest BCUT2D eigenvalue weighted by Gasteiger charge is 2.14. The number of anilines is 1. The van der Waals surface area contributed by atoms with Gasteiger partial charge in [-0.3, -0.25) is 0 Å². The summed E-state index contributed by atoms with van der Waals surface area (Å²) in [6.07, 6.45) is 4.56. The van der Waals surface area contributed by atoms with Gasteiger partial charge in [0.15, 0.2) is 5.82 Å². The molecule has 2 N–H and O–H groups in total. The summed E-state index contributed by atoms with van der Waals surface area (Å²) in [4.78, 5) is 13.0.